The van der Waals surface area contributed by atoms with Crippen molar-refractivity contribution in [2.75, 3.05) is 63.8 Å². The van der Waals surface area contributed by atoms with Gasteiger partial charge >= 0.3 is 0 Å². The molecule has 3 amide bonds. The molecule has 6 fully saturated rings. The number of likely N-dealkylation sites (tertiary alicyclic amines) is 3. The van der Waals surface area contributed by atoms with Crippen LogP contribution in [0.25, 0.3) is 32.7 Å². The number of aromatic nitrogens is 5. The van der Waals surface area contributed by atoms with E-state index in [1.165, 1.54) is 38.1 Å². The lowest BCUT2D eigenvalue weighted by Gasteiger charge is -2.46. The lowest BCUT2D eigenvalue weighted by Crippen LogP contribution is -2.53. The number of benzene rings is 4. The van der Waals surface area contributed by atoms with Gasteiger partial charge in [-0.3, -0.25) is 14.4 Å². The molecule has 0 aliphatic carbocycles. The molecule has 93 heavy (non-hydrogen) atoms. The van der Waals surface area contributed by atoms with Crippen molar-refractivity contribution in [3.8, 4) is 12.1 Å². The van der Waals surface area contributed by atoms with Crippen molar-refractivity contribution in [1.29, 1.82) is 10.5 Å². The van der Waals surface area contributed by atoms with Crippen molar-refractivity contribution in [3.05, 3.63) is 191 Å². The molecular formula is C73H80ClN13O5S. The van der Waals surface area contributed by atoms with E-state index in [9.17, 15) is 22.8 Å². The van der Waals surface area contributed by atoms with Crippen molar-refractivity contribution < 1.29 is 22.8 Å². The molecule has 6 aliphatic rings. The number of para-hydroxylation sites is 3. The van der Waals surface area contributed by atoms with Crippen molar-refractivity contribution in [3.63, 3.8) is 0 Å². The summed E-state index contributed by atoms with van der Waals surface area (Å²) in [6.45, 7) is 11.5. The maximum atomic E-state index is 13.5. The number of halogens is 1. The minimum absolute atomic E-state index is 0.0877. The summed E-state index contributed by atoms with van der Waals surface area (Å²) in [5.74, 6) is 1.74. The first-order chi connectivity index (χ1) is 45.2. The number of rotatable bonds is 9. The second-order valence-electron chi connectivity index (χ2n) is 25.8. The summed E-state index contributed by atoms with van der Waals surface area (Å²) < 4.78 is 28.3. The Balaban J connectivity index is 0.000000127. The van der Waals surface area contributed by atoms with Gasteiger partial charge in [0.25, 0.3) is 10.0 Å². The molecule has 0 radical (unpaired) electrons. The number of pyridine rings is 2. The van der Waals surface area contributed by atoms with Crippen LogP contribution in [0.1, 0.15) is 110 Å². The molecule has 11 heterocycles. The first-order valence-electron chi connectivity index (χ1n) is 32.6. The van der Waals surface area contributed by atoms with Crippen molar-refractivity contribution in [2.45, 2.75) is 109 Å². The lowest BCUT2D eigenvalue weighted by atomic mass is 9.71. The monoisotopic (exact) mass is 1290 g/mol. The van der Waals surface area contributed by atoms with Crippen LogP contribution in [0.15, 0.2) is 157 Å². The Bertz CT molecular complexity index is 4340. The second-order valence-corrected chi connectivity index (χ2v) is 28.0. The van der Waals surface area contributed by atoms with E-state index in [0.717, 1.165) is 176 Å². The predicted molar refractivity (Wildman–Crippen MR) is 362 cm³/mol. The number of amides is 3. The van der Waals surface area contributed by atoms with Gasteiger partial charge < -0.3 is 40.2 Å². The van der Waals surface area contributed by atoms with Crippen LogP contribution in [0.5, 0.6) is 0 Å². The maximum Gasteiger partial charge on any atom is 0.268 e. The topological polar surface area (TPSA) is 232 Å². The Morgan fingerprint density at radius 1 is 0.527 bits per heavy atom. The Morgan fingerprint density at radius 3 is 1.47 bits per heavy atom. The molecule has 3 spiro atoms. The van der Waals surface area contributed by atoms with Crippen molar-refractivity contribution >= 4 is 77.9 Å². The molecule has 6 aliphatic heterocycles. The fourth-order valence-electron chi connectivity index (χ4n) is 14.9. The summed E-state index contributed by atoms with van der Waals surface area (Å²) in [5.41, 5.74) is 7.77. The summed E-state index contributed by atoms with van der Waals surface area (Å²) in [6.07, 6.45) is 20.6. The van der Waals surface area contributed by atoms with Gasteiger partial charge in [0.2, 0.25) is 17.7 Å². The van der Waals surface area contributed by atoms with E-state index >= 15 is 0 Å². The maximum absolute atomic E-state index is 13.5. The fraction of sp³-hybridized carbons (Fsp3) is 0.384. The highest BCUT2D eigenvalue weighted by atomic mass is 35.5. The van der Waals surface area contributed by atoms with Gasteiger partial charge in [0.05, 0.1) is 49.9 Å². The van der Waals surface area contributed by atoms with Gasteiger partial charge in [-0.15, -0.1) is 0 Å². The van der Waals surface area contributed by atoms with Crippen LogP contribution in [0.2, 0.25) is 5.15 Å². The van der Waals surface area contributed by atoms with Crippen LogP contribution >= 0.6 is 11.6 Å². The number of nitrogens with zero attached hydrogens (tertiary/aromatic N) is 9. The molecule has 480 valence electrons. The summed E-state index contributed by atoms with van der Waals surface area (Å²) in [6, 6.07) is 41.8. The van der Waals surface area contributed by atoms with Crippen molar-refractivity contribution in [2.24, 2.45) is 16.2 Å². The van der Waals surface area contributed by atoms with Gasteiger partial charge in [-0.1, -0.05) is 83.9 Å². The van der Waals surface area contributed by atoms with Gasteiger partial charge in [-0.2, -0.15) is 10.5 Å². The van der Waals surface area contributed by atoms with E-state index in [2.05, 4.69) is 87.9 Å². The van der Waals surface area contributed by atoms with Gasteiger partial charge in [-0.25, -0.2) is 22.4 Å². The molecule has 0 saturated carbocycles. The number of hydrogen-bond acceptors (Lipinski definition) is 12. The minimum atomic E-state index is -3.74. The summed E-state index contributed by atoms with van der Waals surface area (Å²) in [7, 11) is -3.74. The van der Waals surface area contributed by atoms with Gasteiger partial charge in [-0.05, 0) is 181 Å². The lowest BCUT2D eigenvalue weighted by molar-refractivity contribution is -0.149. The molecule has 20 heteroatoms. The molecule has 4 N–H and O–H groups in total. The van der Waals surface area contributed by atoms with Crippen LogP contribution < -0.4 is 15.5 Å². The van der Waals surface area contributed by atoms with Crippen LogP contribution in [0, 0.1) is 45.8 Å². The number of carbonyl (C=O) groups is 3. The normalized spacial score (nSPS) is 18.5. The van der Waals surface area contributed by atoms with Crippen LogP contribution in [-0.4, -0.2) is 124 Å². The standard InChI is InChI=1S/C25H29N3O3S.C24H25N5O.C18H23N3O.C6H3ClN2/c1-19-7-9-21(10-8-19)32(30,31)28-18-20(22-5-2-3-6-23(22)28)17-27-16-4-11-25(24(27)29)12-14-26-15-13-25;25-15-18-6-10-26-22(14-18)28-12-8-24(9-13-28)7-3-11-29(23(24)30)17-19-16-27-21-5-2-1-4-20(19)21;22-17-18(7-9-19-10-8-18)6-3-11-21(17)13-14-12-20-16-5-2-1-4-15(14)16;7-6-3-5(4-8)1-2-9-6/h2-3,5-10,18,26H,4,11-17H2,1H3;1-2,4-6,10,14,16,27H,3,7-9,11-13,17H2;1-2,4-5,12,19-20H,3,6-11,13H2;1-3H. The van der Waals surface area contributed by atoms with E-state index in [4.69, 9.17) is 22.1 Å². The third kappa shape index (κ3) is 13.8. The number of anilines is 1. The van der Waals surface area contributed by atoms with Crippen LogP contribution in [0.4, 0.5) is 5.82 Å². The Hall–Kier alpha value is -8.85. The third-order valence-electron chi connectivity index (χ3n) is 20.1. The zero-order valence-electron chi connectivity index (χ0n) is 52.8. The van der Waals surface area contributed by atoms with Gasteiger partial charge in [0.1, 0.15) is 11.0 Å². The molecule has 15 rings (SSSR count). The van der Waals surface area contributed by atoms with Gasteiger partial charge in [0, 0.05) is 111 Å². The average Bonchev–Trinajstić information content (AvgIpc) is 1.72. The number of carbonyl (C=O) groups excluding carboxylic acids is 3. The molecule has 9 aromatic rings. The number of piperidine rings is 6. The molecule has 18 nitrogen and oxygen atoms in total. The molecular weight excluding hydrogens is 1210 g/mol. The summed E-state index contributed by atoms with van der Waals surface area (Å²) in [5, 5.41) is 27.9. The summed E-state index contributed by atoms with van der Waals surface area (Å²) >= 11 is 5.46. The largest absolute Gasteiger partial charge is 0.361 e. The molecule has 5 aromatic heterocycles. The molecule has 0 unspecified atom stereocenters. The second kappa shape index (κ2) is 28.2. The summed E-state index contributed by atoms with van der Waals surface area (Å²) in [4.78, 5) is 63.4. The predicted octanol–water partition coefficient (Wildman–Crippen LogP) is 11.8. The van der Waals surface area contributed by atoms with Crippen molar-refractivity contribution in [1.82, 2.24) is 49.2 Å². The number of nitriles is 2. The highest BCUT2D eigenvalue weighted by Crippen LogP contribution is 2.44. The molecule has 4 aromatic carbocycles. The number of hydrogen-bond donors (Lipinski definition) is 4. The SMILES string of the molecule is Cc1ccc(S(=O)(=O)n2cc(CN3CCCC4(CCNCC4)C3=O)c3ccccc32)cc1.N#Cc1ccnc(Cl)c1.N#Cc1ccnc(N2CCC3(CCCN(Cc4c[nH]c5ccccc45)C3=O)CC2)c1.O=C1N(Cc2c[nH]c3ccccc23)CCCC12CCNCC2. The minimum Gasteiger partial charge on any atom is -0.361 e. The number of aromatic amines is 2. The fourth-order valence-corrected chi connectivity index (χ4v) is 16.5. The zero-order chi connectivity index (χ0) is 64.6. The first kappa shape index (κ1) is 64.3. The van der Waals surface area contributed by atoms with Crippen LogP contribution in [-0.2, 0) is 44.0 Å². The van der Waals surface area contributed by atoms with Crippen LogP contribution in [0.3, 0.4) is 0 Å². The average molecular weight is 1290 g/mol. The third-order valence-corrected chi connectivity index (χ3v) is 22.0. The Labute approximate surface area is 549 Å². The molecule has 6 saturated heterocycles. The van der Waals surface area contributed by atoms with Gasteiger partial charge in [0.15, 0.2) is 0 Å². The number of aryl methyl sites for hydroxylation is 1. The Kier molecular flexibility index (Phi) is 19.5. The Morgan fingerprint density at radius 2 is 0.978 bits per heavy atom. The number of nitrogens with one attached hydrogen (secondary N) is 4. The first-order valence-corrected chi connectivity index (χ1v) is 34.5. The smallest absolute Gasteiger partial charge is 0.268 e. The van der Waals surface area contributed by atoms with E-state index in [0.29, 0.717) is 46.7 Å². The highest BCUT2D eigenvalue weighted by Gasteiger charge is 2.47. The highest BCUT2D eigenvalue weighted by molar-refractivity contribution is 7.90. The number of fused-ring (bicyclic) bond motifs is 3. The van der Waals surface area contributed by atoms with E-state index in [1.807, 2.05) is 84.8 Å². The molecule has 0 bridgehead atoms. The van der Waals surface area contributed by atoms with E-state index < -0.39 is 10.0 Å². The molecule has 0 atom stereocenters. The quantitative estimate of drug-likeness (QED) is 0.0989. The van der Waals surface area contributed by atoms with E-state index in [1.54, 1.807) is 36.7 Å². The van der Waals surface area contributed by atoms with E-state index in [-0.39, 0.29) is 27.0 Å². The number of H-pyrrole nitrogens is 2. The zero-order valence-corrected chi connectivity index (χ0v) is 54.3.